The summed E-state index contributed by atoms with van der Waals surface area (Å²) in [5.41, 5.74) is 3.77. The Labute approximate surface area is 198 Å². The third-order valence-corrected chi connectivity index (χ3v) is 7.42. The van der Waals surface area contributed by atoms with E-state index in [-0.39, 0.29) is 17.6 Å². The summed E-state index contributed by atoms with van der Waals surface area (Å²) in [5.74, 6) is 0.255. The van der Waals surface area contributed by atoms with Crippen molar-refractivity contribution in [3.05, 3.63) is 74.6 Å². The van der Waals surface area contributed by atoms with Gasteiger partial charge in [-0.1, -0.05) is 23.8 Å². The Morgan fingerprint density at radius 2 is 2.00 bits per heavy atom. The van der Waals surface area contributed by atoms with E-state index in [2.05, 4.69) is 10.3 Å². The molecule has 6 heteroatoms. The van der Waals surface area contributed by atoms with Crippen molar-refractivity contribution in [3.8, 4) is 0 Å². The maximum atomic E-state index is 13.2. The van der Waals surface area contributed by atoms with Gasteiger partial charge in [-0.05, 0) is 80.9 Å². The predicted octanol–water partition coefficient (Wildman–Crippen LogP) is 6.59. The molecule has 4 rings (SSSR count). The molecular weight excluding hydrogens is 440 g/mol. The monoisotopic (exact) mass is 466 g/mol. The zero-order valence-corrected chi connectivity index (χ0v) is 19.8. The maximum absolute atomic E-state index is 13.2. The van der Waals surface area contributed by atoms with Crippen molar-refractivity contribution in [1.82, 2.24) is 0 Å². The first kappa shape index (κ1) is 22.7. The number of thiophene rings is 1. The van der Waals surface area contributed by atoms with Gasteiger partial charge in [0.25, 0.3) is 5.91 Å². The zero-order chi connectivity index (χ0) is 22.5. The molecule has 0 saturated carbocycles. The normalized spacial score (nSPS) is 17.8. The smallest absolute Gasteiger partial charge is 0.257 e. The molecule has 0 spiro atoms. The van der Waals surface area contributed by atoms with Crippen LogP contribution in [0.3, 0.4) is 0 Å². The van der Waals surface area contributed by atoms with Crippen molar-refractivity contribution in [2.45, 2.75) is 51.9 Å². The van der Waals surface area contributed by atoms with E-state index in [0.29, 0.717) is 17.9 Å². The Morgan fingerprint density at radius 1 is 1.22 bits per heavy atom. The Bertz CT molecular complexity index is 1100. The van der Waals surface area contributed by atoms with E-state index in [1.165, 1.54) is 10.4 Å². The van der Waals surface area contributed by atoms with E-state index in [1.54, 1.807) is 35.7 Å². The van der Waals surface area contributed by atoms with Crippen molar-refractivity contribution in [3.63, 3.8) is 0 Å². The molecule has 166 valence electrons. The van der Waals surface area contributed by atoms with Crippen LogP contribution in [0.25, 0.3) is 0 Å². The third-order valence-electron chi connectivity index (χ3n) is 5.85. The van der Waals surface area contributed by atoms with Gasteiger partial charge in [-0.25, -0.2) is 0 Å². The number of ketones is 1. The summed E-state index contributed by atoms with van der Waals surface area (Å²) in [6, 6.07) is 7.15. The molecule has 1 amide bonds. The molecule has 0 bridgehead atoms. The molecule has 1 unspecified atom stereocenters. The number of hydrogen-bond acceptors (Lipinski definition) is 4. The minimum absolute atomic E-state index is 0.0800. The highest BCUT2D eigenvalue weighted by Crippen LogP contribution is 2.35. The number of rotatable bonds is 7. The van der Waals surface area contributed by atoms with Gasteiger partial charge in [0.2, 0.25) is 0 Å². The number of aryl methyl sites for hydroxylation is 1. The average molecular weight is 467 g/mol. The van der Waals surface area contributed by atoms with Crippen LogP contribution in [0.2, 0.25) is 5.02 Å². The van der Waals surface area contributed by atoms with Crippen LogP contribution in [0.15, 0.2) is 53.7 Å². The number of amides is 1. The Morgan fingerprint density at radius 3 is 2.78 bits per heavy atom. The number of carbonyl (C=O) groups excluding carboxylic acids is 2. The van der Waals surface area contributed by atoms with Crippen LogP contribution < -0.4 is 5.32 Å². The molecule has 1 aliphatic carbocycles. The minimum atomic E-state index is -0.0800. The fraction of sp³-hybridized carbons (Fsp3) is 0.346. The number of halogens is 1. The first-order chi connectivity index (χ1) is 15.5. The molecule has 0 saturated heterocycles. The molecule has 2 aromatic rings. The molecule has 32 heavy (non-hydrogen) atoms. The largest absolute Gasteiger partial charge is 0.322 e. The van der Waals surface area contributed by atoms with Crippen LogP contribution in [0.5, 0.6) is 0 Å². The van der Waals surface area contributed by atoms with Gasteiger partial charge < -0.3 is 5.32 Å². The summed E-state index contributed by atoms with van der Waals surface area (Å²) in [6.45, 7) is 1.99. The summed E-state index contributed by atoms with van der Waals surface area (Å²) in [4.78, 5) is 32.2. The van der Waals surface area contributed by atoms with Crippen molar-refractivity contribution in [2.24, 2.45) is 10.9 Å². The fourth-order valence-corrected chi connectivity index (χ4v) is 5.81. The number of aliphatic imine (C=N–C) groups is 1. The molecule has 4 nitrogen and oxygen atoms in total. The second-order valence-electron chi connectivity index (χ2n) is 8.42. The second-order valence-corrected chi connectivity index (χ2v) is 10.0. The molecule has 2 aliphatic rings. The van der Waals surface area contributed by atoms with Crippen LogP contribution in [-0.2, 0) is 24.1 Å². The minimum Gasteiger partial charge on any atom is -0.322 e. The molecule has 0 radical (unpaired) electrons. The molecule has 1 N–H and O–H groups in total. The standard InChI is InChI=1S/C26H27ClN2O2S/c1-17-15-18(13-14-28-17)16-21(30)5-4-8-24-25(22-6-2-3-7-23(22)32-24)26(31)29-20-11-9-19(27)10-12-20/h4-5,9-14,18H,2-3,6-8,15-16H2,1H3,(H,29,31)/b5-4+. The first-order valence-corrected chi connectivity index (χ1v) is 12.3. The van der Waals surface area contributed by atoms with E-state index in [0.717, 1.165) is 53.9 Å². The van der Waals surface area contributed by atoms with Gasteiger partial charge in [0.1, 0.15) is 0 Å². The average Bonchev–Trinajstić information content (AvgIpc) is 3.13. The van der Waals surface area contributed by atoms with Crippen molar-refractivity contribution >= 4 is 46.0 Å². The zero-order valence-electron chi connectivity index (χ0n) is 18.2. The van der Waals surface area contributed by atoms with E-state index in [1.807, 2.05) is 31.2 Å². The lowest BCUT2D eigenvalue weighted by atomic mass is 9.93. The topological polar surface area (TPSA) is 58.5 Å². The lowest BCUT2D eigenvalue weighted by molar-refractivity contribution is -0.115. The number of nitrogens with one attached hydrogen (secondary N) is 1. The molecule has 1 aromatic heterocycles. The van der Waals surface area contributed by atoms with Gasteiger partial charge in [-0.3, -0.25) is 14.6 Å². The Balaban J connectivity index is 1.46. The van der Waals surface area contributed by atoms with Crippen molar-refractivity contribution in [2.75, 3.05) is 5.32 Å². The van der Waals surface area contributed by atoms with Gasteiger partial charge in [0.15, 0.2) is 5.78 Å². The predicted molar refractivity (Wildman–Crippen MR) is 133 cm³/mol. The summed E-state index contributed by atoms with van der Waals surface area (Å²) in [7, 11) is 0. The maximum Gasteiger partial charge on any atom is 0.257 e. The van der Waals surface area contributed by atoms with Gasteiger partial charge in [0, 0.05) is 45.2 Å². The lowest BCUT2D eigenvalue weighted by Crippen LogP contribution is -2.16. The number of nitrogens with zero attached hydrogens (tertiary/aromatic N) is 1. The molecule has 1 aromatic carbocycles. The molecule has 1 aliphatic heterocycles. The highest BCUT2D eigenvalue weighted by atomic mass is 35.5. The van der Waals surface area contributed by atoms with Crippen LogP contribution in [-0.4, -0.2) is 17.4 Å². The van der Waals surface area contributed by atoms with Gasteiger partial charge in [0.05, 0.1) is 5.56 Å². The second kappa shape index (κ2) is 10.4. The quantitative estimate of drug-likeness (QED) is 0.468. The number of fused-ring (bicyclic) bond motifs is 1. The SMILES string of the molecule is CC1=NC=CC(CC(=O)/C=C/Cc2sc3c(c2C(=O)Nc2ccc(Cl)cc2)CCCC3)C1. The van der Waals surface area contributed by atoms with Crippen LogP contribution in [0.4, 0.5) is 5.69 Å². The summed E-state index contributed by atoms with van der Waals surface area (Å²) < 4.78 is 0. The highest BCUT2D eigenvalue weighted by molar-refractivity contribution is 7.12. The Hall–Kier alpha value is -2.50. The van der Waals surface area contributed by atoms with Crippen LogP contribution in [0, 0.1) is 5.92 Å². The number of benzene rings is 1. The van der Waals surface area contributed by atoms with Gasteiger partial charge in [-0.15, -0.1) is 11.3 Å². The lowest BCUT2D eigenvalue weighted by Gasteiger charge is -2.13. The first-order valence-electron chi connectivity index (χ1n) is 11.1. The van der Waals surface area contributed by atoms with Crippen LogP contribution in [0.1, 0.15) is 58.3 Å². The number of anilines is 1. The number of hydrogen-bond donors (Lipinski definition) is 1. The van der Waals surface area contributed by atoms with Crippen LogP contribution >= 0.6 is 22.9 Å². The number of allylic oxidation sites excluding steroid dienone is 3. The third kappa shape index (κ3) is 5.64. The summed E-state index contributed by atoms with van der Waals surface area (Å²) >= 11 is 7.68. The summed E-state index contributed by atoms with van der Waals surface area (Å²) in [6.07, 6.45) is 13.5. The Kier molecular flexibility index (Phi) is 7.38. The fourth-order valence-electron chi connectivity index (χ4n) is 4.31. The van der Waals surface area contributed by atoms with Crippen molar-refractivity contribution < 1.29 is 9.59 Å². The summed E-state index contributed by atoms with van der Waals surface area (Å²) in [5, 5.41) is 3.66. The molecule has 2 heterocycles. The highest BCUT2D eigenvalue weighted by Gasteiger charge is 2.25. The number of carbonyl (C=O) groups is 2. The van der Waals surface area contributed by atoms with E-state index in [4.69, 9.17) is 11.6 Å². The van der Waals surface area contributed by atoms with Gasteiger partial charge >= 0.3 is 0 Å². The molecule has 1 atom stereocenters. The molecule has 0 fully saturated rings. The van der Waals surface area contributed by atoms with E-state index >= 15 is 0 Å². The van der Waals surface area contributed by atoms with Gasteiger partial charge in [-0.2, -0.15) is 0 Å². The van der Waals surface area contributed by atoms with E-state index < -0.39 is 0 Å². The van der Waals surface area contributed by atoms with Crippen molar-refractivity contribution in [1.29, 1.82) is 0 Å². The molecular formula is C26H27ClN2O2S. The van der Waals surface area contributed by atoms with E-state index in [9.17, 15) is 9.59 Å².